The van der Waals surface area contributed by atoms with Crippen LogP contribution < -0.4 is 0 Å². The summed E-state index contributed by atoms with van der Waals surface area (Å²) < 4.78 is 12.8. The van der Waals surface area contributed by atoms with Crippen LogP contribution >= 0.6 is 0 Å². The molecule has 1 radical (unpaired) electrons. The van der Waals surface area contributed by atoms with Crippen LogP contribution in [-0.4, -0.2) is 5.78 Å². The van der Waals surface area contributed by atoms with E-state index in [0.29, 0.717) is 0 Å². The number of halogens is 1. The third-order valence-corrected chi connectivity index (χ3v) is 1.40. The number of rotatable bonds is 2. The molecule has 0 unspecified atom stereocenters. The van der Waals surface area contributed by atoms with Gasteiger partial charge in [-0.25, -0.2) is 4.39 Å². The molecule has 0 amide bonds. The molecule has 0 aliphatic rings. The van der Waals surface area contributed by atoms with Gasteiger partial charge in [-0.1, -0.05) is 19.1 Å². The molecule has 0 fully saturated rings. The van der Waals surface area contributed by atoms with Gasteiger partial charge >= 0.3 is 0 Å². The van der Waals surface area contributed by atoms with Gasteiger partial charge in [-0.2, -0.15) is 0 Å². The van der Waals surface area contributed by atoms with E-state index in [1.54, 1.807) is 19.1 Å². The van der Waals surface area contributed by atoms with Crippen LogP contribution in [0.5, 0.6) is 0 Å². The van der Waals surface area contributed by atoms with Crippen LogP contribution in [0.25, 0.3) is 0 Å². The van der Waals surface area contributed by atoms with E-state index >= 15 is 0 Å². The van der Waals surface area contributed by atoms with E-state index in [9.17, 15) is 9.18 Å². The van der Waals surface area contributed by atoms with Crippen molar-refractivity contribution >= 4 is 5.78 Å². The highest BCUT2D eigenvalue weighted by Crippen LogP contribution is 2.07. The Balaban J connectivity index is 3.03. The van der Waals surface area contributed by atoms with Crippen LogP contribution in [0.4, 0.5) is 4.39 Å². The van der Waals surface area contributed by atoms with Crippen LogP contribution in [0.1, 0.15) is 17.3 Å². The molecule has 1 rings (SSSR count). The minimum atomic E-state index is -0.462. The van der Waals surface area contributed by atoms with Crippen LogP contribution in [-0.2, 0) is 0 Å². The van der Waals surface area contributed by atoms with Gasteiger partial charge in [-0.15, -0.1) is 0 Å². The molecule has 1 nitrogen and oxygen atoms in total. The van der Waals surface area contributed by atoms with Gasteiger partial charge in [-0.3, -0.25) is 4.79 Å². The maximum absolute atomic E-state index is 12.8. The average Bonchev–Trinajstić information content (AvgIpc) is 2.04. The molecule has 0 aliphatic carbocycles. The second-order valence-corrected chi connectivity index (χ2v) is 2.13. The van der Waals surface area contributed by atoms with E-state index in [4.69, 9.17) is 0 Å². The standard InChI is InChI=1S/C9H8FO/c1-2-9(11)7-5-3-4-6-8(7)10/h2-6H,1H3. The summed E-state index contributed by atoms with van der Waals surface area (Å²) in [4.78, 5) is 10.9. The van der Waals surface area contributed by atoms with Crippen molar-refractivity contribution in [2.75, 3.05) is 0 Å². The quantitative estimate of drug-likeness (QED) is 0.592. The van der Waals surface area contributed by atoms with Gasteiger partial charge in [0.2, 0.25) is 0 Å². The van der Waals surface area contributed by atoms with Crippen LogP contribution in [0.3, 0.4) is 0 Å². The van der Waals surface area contributed by atoms with Gasteiger partial charge in [-0.05, 0) is 12.1 Å². The highest BCUT2D eigenvalue weighted by molar-refractivity contribution is 6.02. The Hall–Kier alpha value is -1.18. The van der Waals surface area contributed by atoms with Crippen molar-refractivity contribution in [1.82, 2.24) is 0 Å². The van der Waals surface area contributed by atoms with E-state index in [-0.39, 0.29) is 11.3 Å². The topological polar surface area (TPSA) is 17.1 Å². The predicted molar refractivity (Wildman–Crippen MR) is 40.7 cm³/mol. The molecule has 0 N–H and O–H groups in total. The maximum atomic E-state index is 12.8. The first-order chi connectivity index (χ1) is 5.25. The summed E-state index contributed by atoms with van der Waals surface area (Å²) in [6.07, 6.45) is 1.35. The molecular weight excluding hydrogens is 143 g/mol. The van der Waals surface area contributed by atoms with Crippen molar-refractivity contribution in [1.29, 1.82) is 0 Å². The summed E-state index contributed by atoms with van der Waals surface area (Å²) >= 11 is 0. The van der Waals surface area contributed by atoms with Gasteiger partial charge in [0.15, 0.2) is 5.78 Å². The monoisotopic (exact) mass is 151 g/mol. The number of ketones is 1. The van der Waals surface area contributed by atoms with Crippen molar-refractivity contribution in [3.8, 4) is 0 Å². The largest absolute Gasteiger partial charge is 0.294 e. The average molecular weight is 151 g/mol. The number of hydrogen-bond acceptors (Lipinski definition) is 1. The zero-order valence-corrected chi connectivity index (χ0v) is 6.17. The number of hydrogen-bond donors (Lipinski definition) is 0. The second-order valence-electron chi connectivity index (χ2n) is 2.13. The first-order valence-electron chi connectivity index (χ1n) is 3.34. The Morgan fingerprint density at radius 2 is 2.09 bits per heavy atom. The fraction of sp³-hybridized carbons (Fsp3) is 0.111. The van der Waals surface area contributed by atoms with Gasteiger partial charge in [0.1, 0.15) is 5.82 Å². The van der Waals surface area contributed by atoms with Gasteiger partial charge in [0, 0.05) is 6.42 Å². The first-order valence-corrected chi connectivity index (χ1v) is 3.34. The molecule has 0 aliphatic heterocycles. The molecule has 2 heteroatoms. The normalized spacial score (nSPS) is 9.64. The van der Waals surface area contributed by atoms with Crippen LogP contribution in [0.15, 0.2) is 24.3 Å². The fourth-order valence-corrected chi connectivity index (χ4v) is 0.817. The highest BCUT2D eigenvalue weighted by atomic mass is 19.1. The van der Waals surface area contributed by atoms with E-state index in [1.807, 2.05) is 0 Å². The molecule has 1 aromatic rings. The zero-order valence-electron chi connectivity index (χ0n) is 6.17. The molecule has 0 saturated heterocycles. The fourth-order valence-electron chi connectivity index (χ4n) is 0.817. The molecule has 0 aromatic heterocycles. The lowest BCUT2D eigenvalue weighted by Crippen LogP contribution is -1.99. The zero-order chi connectivity index (χ0) is 8.27. The predicted octanol–water partition coefficient (Wildman–Crippen LogP) is 2.23. The summed E-state index contributed by atoms with van der Waals surface area (Å²) in [7, 11) is 0. The van der Waals surface area contributed by atoms with E-state index in [1.165, 1.54) is 18.6 Å². The van der Waals surface area contributed by atoms with Crippen molar-refractivity contribution in [2.24, 2.45) is 0 Å². The second kappa shape index (κ2) is 3.28. The third-order valence-electron chi connectivity index (χ3n) is 1.40. The minimum Gasteiger partial charge on any atom is -0.294 e. The lowest BCUT2D eigenvalue weighted by Gasteiger charge is -1.96. The van der Waals surface area contributed by atoms with E-state index < -0.39 is 5.82 Å². The van der Waals surface area contributed by atoms with Gasteiger partial charge in [0.25, 0.3) is 0 Å². The Bertz CT molecular complexity index is 268. The Morgan fingerprint density at radius 1 is 1.45 bits per heavy atom. The number of carbonyl (C=O) groups excluding carboxylic acids is 1. The highest BCUT2D eigenvalue weighted by Gasteiger charge is 2.07. The third kappa shape index (κ3) is 1.64. The maximum Gasteiger partial charge on any atom is 0.169 e. The number of benzene rings is 1. The molecular formula is C9H8FO. The molecule has 0 bridgehead atoms. The summed E-state index contributed by atoms with van der Waals surface area (Å²) in [6, 6.07) is 5.94. The molecule has 0 spiro atoms. The summed E-state index contributed by atoms with van der Waals surface area (Å²) in [5.41, 5.74) is 0.134. The van der Waals surface area contributed by atoms with Gasteiger partial charge in [0.05, 0.1) is 5.56 Å². The molecule has 0 saturated carbocycles. The SMILES string of the molecule is C[CH]C(=O)c1ccccc1F. The lowest BCUT2D eigenvalue weighted by atomic mass is 10.1. The van der Waals surface area contributed by atoms with Crippen LogP contribution in [0, 0.1) is 12.2 Å². The summed E-state index contributed by atoms with van der Waals surface area (Å²) in [5.74, 6) is -0.737. The van der Waals surface area contributed by atoms with Crippen molar-refractivity contribution < 1.29 is 9.18 Å². The van der Waals surface area contributed by atoms with E-state index in [0.717, 1.165) is 0 Å². The number of carbonyl (C=O) groups is 1. The number of Topliss-reactive ketones (excluding diaryl/α,β-unsaturated/α-hetero) is 1. The van der Waals surface area contributed by atoms with Crippen molar-refractivity contribution in [3.05, 3.63) is 42.1 Å². The Labute approximate surface area is 64.9 Å². The molecule has 57 valence electrons. The van der Waals surface area contributed by atoms with Crippen molar-refractivity contribution in [2.45, 2.75) is 6.92 Å². The summed E-state index contributed by atoms with van der Waals surface area (Å²) in [5, 5.41) is 0. The molecule has 0 atom stereocenters. The molecule has 1 aromatic carbocycles. The van der Waals surface area contributed by atoms with Gasteiger partial charge < -0.3 is 0 Å². The van der Waals surface area contributed by atoms with Crippen LogP contribution in [0.2, 0.25) is 0 Å². The first kappa shape index (κ1) is 7.92. The Kier molecular flexibility index (Phi) is 2.36. The Morgan fingerprint density at radius 3 is 2.64 bits per heavy atom. The van der Waals surface area contributed by atoms with E-state index in [2.05, 4.69) is 0 Å². The molecule has 0 heterocycles. The summed E-state index contributed by atoms with van der Waals surface area (Å²) in [6.45, 7) is 1.59. The van der Waals surface area contributed by atoms with Crippen molar-refractivity contribution in [3.63, 3.8) is 0 Å². The molecule has 11 heavy (non-hydrogen) atoms. The minimum absolute atomic E-state index is 0.134. The lowest BCUT2D eigenvalue weighted by molar-refractivity contribution is 0.102. The smallest absolute Gasteiger partial charge is 0.169 e.